The average molecular weight is 270 g/mol. The van der Waals surface area contributed by atoms with Crippen LogP contribution in [0.1, 0.15) is 24.9 Å². The van der Waals surface area contributed by atoms with Gasteiger partial charge in [-0.1, -0.05) is 29.1 Å². The minimum Gasteiger partial charge on any atom is -0.492 e. The molecule has 1 aliphatic heterocycles. The summed E-state index contributed by atoms with van der Waals surface area (Å²) in [7, 11) is 0. The molecule has 2 nitrogen and oxygen atoms in total. The van der Waals surface area contributed by atoms with Crippen molar-refractivity contribution in [1.29, 1.82) is 0 Å². The first-order chi connectivity index (χ1) is 8.11. The fraction of sp³-hybridized carbons (Fsp3) is 0.385. The van der Waals surface area contributed by atoms with Crippen LogP contribution in [0.15, 0.2) is 12.1 Å². The summed E-state index contributed by atoms with van der Waals surface area (Å²) in [5.41, 5.74) is 0.982. The minimum atomic E-state index is 0.00343. The lowest BCUT2D eigenvalue weighted by molar-refractivity contribution is 0.250. The molecular weight excluding hydrogens is 257 g/mol. The van der Waals surface area contributed by atoms with Crippen molar-refractivity contribution in [2.45, 2.75) is 25.4 Å². The second-order valence-electron chi connectivity index (χ2n) is 4.05. The molecule has 1 aromatic rings. The van der Waals surface area contributed by atoms with Gasteiger partial charge in [-0.25, -0.2) is 0 Å². The molecule has 2 rings (SSSR count). The fourth-order valence-electron chi connectivity index (χ4n) is 1.95. The summed E-state index contributed by atoms with van der Waals surface area (Å²) in [5, 5.41) is 4.50. The van der Waals surface area contributed by atoms with Gasteiger partial charge >= 0.3 is 0 Å². The Bertz CT molecular complexity index is 467. The van der Waals surface area contributed by atoms with Gasteiger partial charge < -0.3 is 4.74 Å². The van der Waals surface area contributed by atoms with Crippen LogP contribution in [0.3, 0.4) is 0 Å². The van der Waals surface area contributed by atoms with Crippen LogP contribution in [0.25, 0.3) is 0 Å². The van der Waals surface area contributed by atoms with E-state index in [-0.39, 0.29) is 12.1 Å². The third-order valence-corrected chi connectivity index (χ3v) is 3.27. The van der Waals surface area contributed by atoms with Crippen LogP contribution in [0.5, 0.6) is 5.75 Å². The van der Waals surface area contributed by atoms with E-state index in [1.165, 1.54) is 0 Å². The first kappa shape index (κ1) is 12.6. The molecule has 0 saturated heterocycles. The fourth-order valence-corrected chi connectivity index (χ4v) is 2.51. The van der Waals surface area contributed by atoms with Crippen LogP contribution in [-0.4, -0.2) is 12.6 Å². The van der Waals surface area contributed by atoms with Gasteiger partial charge in [0.05, 0.1) is 17.7 Å². The molecule has 0 radical (unpaired) electrons. The summed E-state index contributed by atoms with van der Waals surface area (Å²) in [4.78, 5) is 0. The number of rotatable bonds is 2. The van der Waals surface area contributed by atoms with E-state index >= 15 is 0 Å². The second-order valence-corrected chi connectivity index (χ2v) is 4.89. The molecule has 1 aliphatic rings. The topological polar surface area (TPSA) is 21.3 Å². The number of benzene rings is 1. The Hall–Kier alpha value is -0.880. The van der Waals surface area contributed by atoms with Gasteiger partial charge in [-0.05, 0) is 19.1 Å². The normalized spacial score (nSPS) is 20.0. The van der Waals surface area contributed by atoms with Gasteiger partial charge in [0.25, 0.3) is 0 Å². The molecule has 1 N–H and O–H groups in total. The van der Waals surface area contributed by atoms with Gasteiger partial charge in [0, 0.05) is 23.0 Å². The Balaban J connectivity index is 2.34. The first-order valence-electron chi connectivity index (χ1n) is 5.45. The Kier molecular flexibility index (Phi) is 3.83. The second kappa shape index (κ2) is 5.18. The van der Waals surface area contributed by atoms with E-state index in [1.807, 2.05) is 13.0 Å². The molecule has 1 heterocycles. The number of ether oxygens (including phenoxy) is 1. The monoisotopic (exact) mass is 269 g/mol. The highest BCUT2D eigenvalue weighted by molar-refractivity contribution is 6.35. The van der Waals surface area contributed by atoms with Gasteiger partial charge in [0.1, 0.15) is 5.75 Å². The molecule has 0 aromatic heterocycles. The average Bonchev–Trinajstić information content (AvgIpc) is 2.30. The highest BCUT2D eigenvalue weighted by Gasteiger charge is 2.24. The number of halogens is 2. The standard InChI is InChI=1S/C13H13Cl2NO/c1-3-8(2)16-12-4-5-17-13-10(12)6-9(14)7-11(13)15/h1,6-8,12,16H,4-5H2,2H3. The molecule has 1 aromatic carbocycles. The summed E-state index contributed by atoms with van der Waals surface area (Å²) < 4.78 is 5.57. The molecule has 0 saturated carbocycles. The number of hydrogen-bond donors (Lipinski definition) is 1. The first-order valence-corrected chi connectivity index (χ1v) is 6.21. The van der Waals surface area contributed by atoms with Crippen LogP contribution >= 0.6 is 23.2 Å². The third kappa shape index (κ3) is 2.69. The molecule has 0 fully saturated rings. The van der Waals surface area contributed by atoms with Crippen molar-refractivity contribution in [2.75, 3.05) is 6.61 Å². The Morgan fingerprint density at radius 1 is 1.53 bits per heavy atom. The van der Waals surface area contributed by atoms with Crippen LogP contribution in [0.4, 0.5) is 0 Å². The van der Waals surface area contributed by atoms with Gasteiger partial charge in [-0.15, -0.1) is 6.42 Å². The maximum atomic E-state index is 6.11. The molecule has 2 atom stereocenters. The molecule has 0 spiro atoms. The summed E-state index contributed by atoms with van der Waals surface area (Å²) in [6.07, 6.45) is 6.23. The Labute approximate surface area is 111 Å². The lowest BCUT2D eigenvalue weighted by atomic mass is 10.00. The van der Waals surface area contributed by atoms with Gasteiger partial charge in [-0.3, -0.25) is 5.32 Å². The highest BCUT2D eigenvalue weighted by Crippen LogP contribution is 2.39. The van der Waals surface area contributed by atoms with Crippen LogP contribution in [0, 0.1) is 12.3 Å². The van der Waals surface area contributed by atoms with Gasteiger partial charge in [0.2, 0.25) is 0 Å². The number of fused-ring (bicyclic) bond motifs is 1. The molecule has 0 aliphatic carbocycles. The highest BCUT2D eigenvalue weighted by atomic mass is 35.5. The van der Waals surface area contributed by atoms with Crippen molar-refractivity contribution in [2.24, 2.45) is 0 Å². The van der Waals surface area contributed by atoms with Crippen molar-refractivity contribution < 1.29 is 4.74 Å². The molecule has 17 heavy (non-hydrogen) atoms. The molecule has 0 bridgehead atoms. The Morgan fingerprint density at radius 2 is 2.29 bits per heavy atom. The van der Waals surface area contributed by atoms with Crippen molar-refractivity contribution >= 4 is 23.2 Å². The zero-order valence-electron chi connectivity index (χ0n) is 9.47. The quantitative estimate of drug-likeness (QED) is 0.831. The summed E-state index contributed by atoms with van der Waals surface area (Å²) in [6.45, 7) is 2.57. The molecule has 2 unspecified atom stereocenters. The number of hydrogen-bond acceptors (Lipinski definition) is 2. The maximum Gasteiger partial charge on any atom is 0.142 e. The number of nitrogens with one attached hydrogen (secondary N) is 1. The van der Waals surface area contributed by atoms with Crippen molar-refractivity contribution in [3.63, 3.8) is 0 Å². The largest absolute Gasteiger partial charge is 0.492 e. The zero-order valence-corrected chi connectivity index (χ0v) is 11.0. The van der Waals surface area contributed by atoms with Crippen LogP contribution < -0.4 is 10.1 Å². The lowest BCUT2D eigenvalue weighted by Gasteiger charge is -2.28. The van der Waals surface area contributed by atoms with E-state index in [2.05, 4.69) is 11.2 Å². The Morgan fingerprint density at radius 3 is 3.00 bits per heavy atom. The van der Waals surface area contributed by atoms with Crippen LogP contribution in [-0.2, 0) is 0 Å². The van der Waals surface area contributed by atoms with E-state index in [9.17, 15) is 0 Å². The smallest absolute Gasteiger partial charge is 0.142 e. The number of terminal acetylenes is 1. The molecule has 0 amide bonds. The summed E-state index contributed by atoms with van der Waals surface area (Å²) >= 11 is 12.1. The van der Waals surface area contributed by atoms with Crippen molar-refractivity contribution in [3.8, 4) is 18.1 Å². The predicted octanol–water partition coefficient (Wildman–Crippen LogP) is 3.43. The summed E-state index contributed by atoms with van der Waals surface area (Å²) in [5.74, 6) is 3.37. The van der Waals surface area contributed by atoms with E-state index < -0.39 is 0 Å². The van der Waals surface area contributed by atoms with E-state index in [1.54, 1.807) is 6.07 Å². The third-order valence-electron chi connectivity index (χ3n) is 2.77. The maximum absolute atomic E-state index is 6.11. The SMILES string of the molecule is C#CC(C)NC1CCOc2c(Cl)cc(Cl)cc21. The van der Waals surface area contributed by atoms with Gasteiger partial charge in [0.15, 0.2) is 0 Å². The molecule has 4 heteroatoms. The molecule has 90 valence electrons. The van der Waals surface area contributed by atoms with Crippen LogP contribution in [0.2, 0.25) is 10.0 Å². The predicted molar refractivity (Wildman–Crippen MR) is 70.7 cm³/mol. The van der Waals surface area contributed by atoms with E-state index in [0.29, 0.717) is 22.4 Å². The summed E-state index contributed by atoms with van der Waals surface area (Å²) in [6, 6.07) is 3.71. The minimum absolute atomic E-state index is 0.00343. The zero-order chi connectivity index (χ0) is 12.4. The van der Waals surface area contributed by atoms with E-state index in [0.717, 1.165) is 12.0 Å². The molecular formula is C13H13Cl2NO. The lowest BCUT2D eigenvalue weighted by Crippen LogP contribution is -2.32. The van der Waals surface area contributed by atoms with Gasteiger partial charge in [-0.2, -0.15) is 0 Å². The van der Waals surface area contributed by atoms with Crippen molar-refractivity contribution in [1.82, 2.24) is 5.32 Å². The van der Waals surface area contributed by atoms with E-state index in [4.69, 9.17) is 34.4 Å². The van der Waals surface area contributed by atoms with Crippen molar-refractivity contribution in [3.05, 3.63) is 27.7 Å².